The van der Waals surface area contributed by atoms with E-state index in [4.69, 9.17) is 17.2 Å². The smallest absolute Gasteiger partial charge is 0.197 e. The molecule has 0 saturated heterocycles. The normalized spacial score (nSPS) is 10.1. The molecule has 4 nitrogen and oxygen atoms in total. The van der Waals surface area contributed by atoms with Gasteiger partial charge in [-0.3, -0.25) is 4.79 Å². The molecule has 0 aliphatic heterocycles. The first kappa shape index (κ1) is 11.0. The maximum Gasteiger partial charge on any atom is 0.197 e. The van der Waals surface area contributed by atoms with Gasteiger partial charge in [-0.05, 0) is 24.3 Å². The van der Waals surface area contributed by atoms with Crippen molar-refractivity contribution in [2.45, 2.75) is 0 Å². The zero-order valence-electron chi connectivity index (χ0n) is 9.18. The molecule has 0 spiro atoms. The van der Waals surface area contributed by atoms with Crippen molar-refractivity contribution in [1.29, 1.82) is 0 Å². The van der Waals surface area contributed by atoms with Crippen molar-refractivity contribution in [3.63, 3.8) is 0 Å². The Bertz CT molecular complexity index is 579. The zero-order chi connectivity index (χ0) is 12.4. The summed E-state index contributed by atoms with van der Waals surface area (Å²) >= 11 is 0. The van der Waals surface area contributed by atoms with Gasteiger partial charge in [-0.2, -0.15) is 0 Å². The van der Waals surface area contributed by atoms with Gasteiger partial charge in [0.1, 0.15) is 0 Å². The van der Waals surface area contributed by atoms with Crippen molar-refractivity contribution in [1.82, 2.24) is 0 Å². The number of nitrogens with two attached hydrogens (primary N) is 3. The monoisotopic (exact) mass is 227 g/mol. The molecular weight excluding hydrogens is 214 g/mol. The highest BCUT2D eigenvalue weighted by Gasteiger charge is 2.15. The lowest BCUT2D eigenvalue weighted by molar-refractivity contribution is 0.104. The number of rotatable bonds is 2. The van der Waals surface area contributed by atoms with Gasteiger partial charge in [0.05, 0.1) is 11.4 Å². The third-order valence-electron chi connectivity index (χ3n) is 2.59. The van der Waals surface area contributed by atoms with Gasteiger partial charge in [0.15, 0.2) is 5.78 Å². The highest BCUT2D eigenvalue weighted by atomic mass is 16.1. The topological polar surface area (TPSA) is 95.1 Å². The Morgan fingerprint density at radius 2 is 1.35 bits per heavy atom. The number of hydrogen-bond donors (Lipinski definition) is 3. The van der Waals surface area contributed by atoms with Crippen LogP contribution in [0.25, 0.3) is 0 Å². The van der Waals surface area contributed by atoms with E-state index >= 15 is 0 Å². The molecule has 0 fully saturated rings. The van der Waals surface area contributed by atoms with Crippen LogP contribution in [0, 0.1) is 0 Å². The third kappa shape index (κ3) is 1.92. The fraction of sp³-hybridized carbons (Fsp3) is 0. The highest BCUT2D eigenvalue weighted by molar-refractivity contribution is 6.15. The molecule has 17 heavy (non-hydrogen) atoms. The molecule has 0 unspecified atom stereocenters. The summed E-state index contributed by atoms with van der Waals surface area (Å²) in [7, 11) is 0. The molecule has 0 aliphatic rings. The van der Waals surface area contributed by atoms with Crippen LogP contribution in [0.2, 0.25) is 0 Å². The Labute approximate surface area is 99.0 Å². The van der Waals surface area contributed by atoms with Gasteiger partial charge in [0.2, 0.25) is 0 Å². The average Bonchev–Trinajstić information content (AvgIpc) is 2.32. The van der Waals surface area contributed by atoms with E-state index in [1.54, 1.807) is 42.5 Å². The number of carbonyl (C=O) groups is 1. The summed E-state index contributed by atoms with van der Waals surface area (Å²) in [4.78, 5) is 12.2. The minimum atomic E-state index is -0.215. The molecule has 0 bridgehead atoms. The van der Waals surface area contributed by atoms with Crippen LogP contribution in [-0.2, 0) is 0 Å². The Morgan fingerprint density at radius 3 is 2.06 bits per heavy atom. The van der Waals surface area contributed by atoms with Crippen LogP contribution in [0.15, 0.2) is 42.5 Å². The molecule has 6 N–H and O–H groups in total. The van der Waals surface area contributed by atoms with Crippen LogP contribution >= 0.6 is 0 Å². The molecule has 0 aliphatic carbocycles. The van der Waals surface area contributed by atoms with Crippen molar-refractivity contribution in [2.75, 3.05) is 17.2 Å². The van der Waals surface area contributed by atoms with Gasteiger partial charge < -0.3 is 17.2 Å². The predicted molar refractivity (Wildman–Crippen MR) is 69.6 cm³/mol. The average molecular weight is 227 g/mol. The van der Waals surface area contributed by atoms with Crippen molar-refractivity contribution >= 4 is 22.8 Å². The van der Waals surface area contributed by atoms with E-state index < -0.39 is 0 Å². The Morgan fingerprint density at radius 1 is 0.765 bits per heavy atom. The summed E-state index contributed by atoms with van der Waals surface area (Å²) in [5, 5.41) is 0. The Hall–Kier alpha value is -2.49. The number of anilines is 3. The van der Waals surface area contributed by atoms with Crippen LogP contribution in [0.5, 0.6) is 0 Å². The molecule has 0 amide bonds. The van der Waals surface area contributed by atoms with Gasteiger partial charge >= 0.3 is 0 Å². The first-order valence-corrected chi connectivity index (χ1v) is 5.14. The van der Waals surface area contributed by atoms with Crippen LogP contribution in [0.4, 0.5) is 17.1 Å². The quantitative estimate of drug-likeness (QED) is 0.537. The van der Waals surface area contributed by atoms with Crippen LogP contribution in [0.3, 0.4) is 0 Å². The molecule has 86 valence electrons. The zero-order valence-corrected chi connectivity index (χ0v) is 9.18. The standard InChI is InChI=1S/C13H13N3O/c14-10-6-2-1-4-8(10)13(17)9-5-3-7-11(15)12(9)16/h1-7H,14-16H2. The molecule has 0 atom stereocenters. The number of hydrogen-bond acceptors (Lipinski definition) is 4. The number of ketones is 1. The molecule has 0 radical (unpaired) electrons. The van der Waals surface area contributed by atoms with E-state index in [0.717, 1.165) is 0 Å². The van der Waals surface area contributed by atoms with E-state index in [-0.39, 0.29) is 5.78 Å². The summed E-state index contributed by atoms with van der Waals surface area (Å²) in [6.07, 6.45) is 0. The van der Waals surface area contributed by atoms with Gasteiger partial charge in [-0.1, -0.05) is 18.2 Å². The molecule has 0 aromatic heterocycles. The summed E-state index contributed by atoms with van der Waals surface area (Å²) in [5.74, 6) is -0.215. The second-order valence-electron chi connectivity index (χ2n) is 3.72. The summed E-state index contributed by atoms with van der Waals surface area (Å²) in [6.45, 7) is 0. The number of benzene rings is 2. The maximum atomic E-state index is 12.2. The third-order valence-corrected chi connectivity index (χ3v) is 2.59. The van der Waals surface area contributed by atoms with Crippen molar-refractivity contribution in [2.24, 2.45) is 0 Å². The maximum absolute atomic E-state index is 12.2. The lowest BCUT2D eigenvalue weighted by atomic mass is 10.00. The molecule has 2 aromatic carbocycles. The van der Waals surface area contributed by atoms with Crippen molar-refractivity contribution in [3.05, 3.63) is 53.6 Å². The van der Waals surface area contributed by atoms with Crippen LogP contribution in [-0.4, -0.2) is 5.78 Å². The van der Waals surface area contributed by atoms with Crippen LogP contribution in [0.1, 0.15) is 15.9 Å². The molecule has 0 saturated carbocycles. The molecular formula is C13H13N3O. The predicted octanol–water partition coefficient (Wildman–Crippen LogP) is 1.66. The number of carbonyl (C=O) groups excluding carboxylic acids is 1. The van der Waals surface area contributed by atoms with E-state index in [1.807, 2.05) is 0 Å². The van der Waals surface area contributed by atoms with Gasteiger partial charge in [-0.15, -0.1) is 0 Å². The van der Waals surface area contributed by atoms with E-state index in [0.29, 0.717) is 28.2 Å². The van der Waals surface area contributed by atoms with Crippen LogP contribution < -0.4 is 17.2 Å². The molecule has 4 heteroatoms. The van der Waals surface area contributed by atoms with E-state index in [9.17, 15) is 4.79 Å². The minimum Gasteiger partial charge on any atom is -0.398 e. The summed E-state index contributed by atoms with van der Waals surface area (Å²) < 4.78 is 0. The van der Waals surface area contributed by atoms with Gasteiger partial charge in [0.25, 0.3) is 0 Å². The molecule has 2 rings (SSSR count). The number of para-hydroxylation sites is 2. The Balaban J connectivity index is 2.52. The highest BCUT2D eigenvalue weighted by Crippen LogP contribution is 2.24. The van der Waals surface area contributed by atoms with Crippen molar-refractivity contribution in [3.8, 4) is 0 Å². The Kier molecular flexibility index (Phi) is 2.70. The second-order valence-corrected chi connectivity index (χ2v) is 3.72. The van der Waals surface area contributed by atoms with Crippen molar-refractivity contribution < 1.29 is 4.79 Å². The second kappa shape index (κ2) is 4.17. The first-order chi connectivity index (χ1) is 8.11. The largest absolute Gasteiger partial charge is 0.398 e. The van der Waals surface area contributed by atoms with E-state index in [2.05, 4.69) is 0 Å². The summed E-state index contributed by atoms with van der Waals surface area (Å²) in [5.41, 5.74) is 19.1. The fourth-order valence-corrected chi connectivity index (χ4v) is 1.63. The lowest BCUT2D eigenvalue weighted by Gasteiger charge is -2.08. The first-order valence-electron chi connectivity index (χ1n) is 5.14. The number of nitrogen functional groups attached to an aromatic ring is 3. The fourth-order valence-electron chi connectivity index (χ4n) is 1.63. The minimum absolute atomic E-state index is 0.215. The van der Waals surface area contributed by atoms with Gasteiger partial charge in [0, 0.05) is 16.8 Å². The molecule has 2 aromatic rings. The van der Waals surface area contributed by atoms with Gasteiger partial charge in [-0.25, -0.2) is 0 Å². The summed E-state index contributed by atoms with van der Waals surface area (Å²) in [6, 6.07) is 11.9. The SMILES string of the molecule is Nc1ccccc1C(=O)c1cccc(N)c1N. The lowest BCUT2D eigenvalue weighted by Crippen LogP contribution is -2.09. The van der Waals surface area contributed by atoms with E-state index in [1.165, 1.54) is 0 Å². The molecule has 0 heterocycles.